The summed E-state index contributed by atoms with van der Waals surface area (Å²) in [4.78, 5) is 0. The van der Waals surface area contributed by atoms with Gasteiger partial charge in [0.05, 0.1) is 0 Å². The molecule has 0 aromatic rings. The van der Waals surface area contributed by atoms with Gasteiger partial charge < -0.3 is 36.3 Å². The summed E-state index contributed by atoms with van der Waals surface area (Å²) < 4.78 is 0. The van der Waals surface area contributed by atoms with Crippen molar-refractivity contribution in [2.75, 3.05) is 0 Å². The summed E-state index contributed by atoms with van der Waals surface area (Å²) >= 11 is 0. The van der Waals surface area contributed by atoms with Crippen LogP contribution >= 0.6 is 24.8 Å². The molecule has 0 aliphatic rings. The average Bonchev–Trinajstić information content (AvgIpc) is 0.811. The SMILES string of the molecule is CC(N)N.Cl.Cl.[Cl-].[Cl-].[Cu+2]. The minimum Gasteiger partial charge on any atom is -1.00 e. The minimum absolute atomic E-state index is 0. The number of halogens is 4. The normalized spacial score (nSPS) is 4.00. The summed E-state index contributed by atoms with van der Waals surface area (Å²) in [6.07, 6.45) is -0.167. The molecule has 0 atom stereocenters. The van der Waals surface area contributed by atoms with Gasteiger partial charge in [0.15, 0.2) is 0 Å². The maximum atomic E-state index is 4.89. The van der Waals surface area contributed by atoms with Crippen LogP contribution in [0.3, 0.4) is 0 Å². The molecule has 67 valence electrons. The molecule has 0 saturated heterocycles. The number of hydrogen-bond donors (Lipinski definition) is 2. The molecule has 0 saturated carbocycles. The van der Waals surface area contributed by atoms with E-state index in [1.165, 1.54) is 0 Å². The molecule has 0 spiro atoms. The first-order valence-electron chi connectivity index (χ1n) is 1.24. The molecule has 0 fully saturated rings. The molecular formula is C2H10Cl4CuN2. The molecule has 1 radical (unpaired) electrons. The van der Waals surface area contributed by atoms with Crippen LogP contribution < -0.4 is 36.3 Å². The standard InChI is InChI=1S/C2H8N2.4ClH.Cu/c1-2(3)4;;;;;/h2H,3-4H2,1H3;4*1H;/q;;;;;+2/p-2. The van der Waals surface area contributed by atoms with E-state index in [1.54, 1.807) is 6.92 Å². The largest absolute Gasteiger partial charge is 2.00 e. The van der Waals surface area contributed by atoms with Crippen molar-refractivity contribution in [2.24, 2.45) is 11.5 Å². The van der Waals surface area contributed by atoms with Crippen molar-refractivity contribution >= 4 is 24.8 Å². The Kier molecular flexibility index (Phi) is 172. The first kappa shape index (κ1) is 46.2. The van der Waals surface area contributed by atoms with E-state index >= 15 is 0 Å². The first-order valence-corrected chi connectivity index (χ1v) is 1.24. The van der Waals surface area contributed by atoms with Gasteiger partial charge in [0.1, 0.15) is 0 Å². The second-order valence-corrected chi connectivity index (χ2v) is 0.859. The van der Waals surface area contributed by atoms with Gasteiger partial charge in [-0.25, -0.2) is 0 Å². The predicted molar refractivity (Wildman–Crippen MR) is 32.3 cm³/mol. The van der Waals surface area contributed by atoms with Crippen LogP contribution in [0.5, 0.6) is 0 Å². The van der Waals surface area contributed by atoms with Crippen molar-refractivity contribution in [1.29, 1.82) is 0 Å². The number of rotatable bonds is 0. The Labute approximate surface area is 91.0 Å². The molecule has 0 unspecified atom stereocenters. The molecule has 0 heterocycles. The van der Waals surface area contributed by atoms with Crippen molar-refractivity contribution < 1.29 is 41.9 Å². The van der Waals surface area contributed by atoms with E-state index in [0.29, 0.717) is 0 Å². The van der Waals surface area contributed by atoms with Crippen LogP contribution in [0, 0.1) is 0 Å². The Morgan fingerprint density at radius 1 is 1.00 bits per heavy atom. The van der Waals surface area contributed by atoms with E-state index in [0.717, 1.165) is 0 Å². The second kappa shape index (κ2) is 33.6. The Morgan fingerprint density at radius 3 is 1.00 bits per heavy atom. The fraction of sp³-hybridized carbons (Fsp3) is 1.00. The van der Waals surface area contributed by atoms with Gasteiger partial charge in [-0.2, -0.15) is 0 Å². The molecule has 2 nitrogen and oxygen atoms in total. The Balaban J connectivity index is -0.00000000450. The smallest absolute Gasteiger partial charge is 1.00 e. The maximum absolute atomic E-state index is 4.89. The summed E-state index contributed by atoms with van der Waals surface area (Å²) in [7, 11) is 0. The maximum Gasteiger partial charge on any atom is 2.00 e. The van der Waals surface area contributed by atoms with Crippen molar-refractivity contribution in [3.8, 4) is 0 Å². The first-order chi connectivity index (χ1) is 1.73. The van der Waals surface area contributed by atoms with E-state index in [9.17, 15) is 0 Å². The van der Waals surface area contributed by atoms with Crippen LogP contribution in [0.2, 0.25) is 0 Å². The summed E-state index contributed by atoms with van der Waals surface area (Å²) in [5.41, 5.74) is 9.78. The Hall–Kier alpha value is 1.60. The molecule has 4 N–H and O–H groups in total. The van der Waals surface area contributed by atoms with Crippen LogP contribution in [-0.2, 0) is 17.1 Å². The fourth-order valence-electron chi connectivity index (χ4n) is 0. The Bertz CT molecular complexity index is 21.3. The average molecular weight is 267 g/mol. The molecule has 0 aromatic carbocycles. The molecule has 0 aliphatic heterocycles. The predicted octanol–water partition coefficient (Wildman–Crippen LogP) is -5.90. The monoisotopic (exact) mass is 265 g/mol. The molecule has 0 aliphatic carbocycles. The third kappa shape index (κ3) is 217. The molecule has 0 amide bonds. The minimum atomic E-state index is -0.167. The zero-order valence-corrected chi connectivity index (χ0v) is 8.69. The molecule has 9 heavy (non-hydrogen) atoms. The third-order valence-electron chi connectivity index (χ3n) is 0. The molecule has 0 aromatic heterocycles. The van der Waals surface area contributed by atoms with Crippen LogP contribution in [0.1, 0.15) is 6.92 Å². The van der Waals surface area contributed by atoms with Crippen molar-refractivity contribution in [3.63, 3.8) is 0 Å². The molecular weight excluding hydrogens is 257 g/mol. The zero-order valence-electron chi connectivity index (χ0n) is 4.61. The molecule has 0 rings (SSSR count). The van der Waals surface area contributed by atoms with Crippen LogP contribution in [-0.4, -0.2) is 6.17 Å². The summed E-state index contributed by atoms with van der Waals surface area (Å²) in [6.45, 7) is 1.72. The molecule has 0 bridgehead atoms. The van der Waals surface area contributed by atoms with Crippen molar-refractivity contribution in [1.82, 2.24) is 0 Å². The summed E-state index contributed by atoms with van der Waals surface area (Å²) in [6, 6.07) is 0. The third-order valence-corrected chi connectivity index (χ3v) is 0. The number of nitrogens with two attached hydrogens (primary N) is 2. The summed E-state index contributed by atoms with van der Waals surface area (Å²) in [5.74, 6) is 0. The van der Waals surface area contributed by atoms with Gasteiger partial charge in [-0.05, 0) is 6.92 Å². The second-order valence-electron chi connectivity index (χ2n) is 0.859. The van der Waals surface area contributed by atoms with E-state index in [4.69, 9.17) is 11.5 Å². The van der Waals surface area contributed by atoms with Gasteiger partial charge in [-0.15, -0.1) is 24.8 Å². The van der Waals surface area contributed by atoms with Gasteiger partial charge in [0.2, 0.25) is 0 Å². The summed E-state index contributed by atoms with van der Waals surface area (Å²) in [5, 5.41) is 0. The van der Waals surface area contributed by atoms with Gasteiger partial charge in [0.25, 0.3) is 0 Å². The van der Waals surface area contributed by atoms with Crippen molar-refractivity contribution in [2.45, 2.75) is 13.1 Å². The number of hydrogen-bond acceptors (Lipinski definition) is 2. The van der Waals surface area contributed by atoms with Crippen molar-refractivity contribution in [3.05, 3.63) is 0 Å². The van der Waals surface area contributed by atoms with Gasteiger partial charge in [-0.3, -0.25) is 0 Å². The van der Waals surface area contributed by atoms with Gasteiger partial charge in [0, 0.05) is 6.17 Å². The fourth-order valence-corrected chi connectivity index (χ4v) is 0. The quantitative estimate of drug-likeness (QED) is 0.339. The van der Waals surface area contributed by atoms with E-state index < -0.39 is 0 Å². The van der Waals surface area contributed by atoms with Gasteiger partial charge in [-0.1, -0.05) is 0 Å². The van der Waals surface area contributed by atoms with Gasteiger partial charge >= 0.3 is 17.1 Å². The van der Waals surface area contributed by atoms with E-state index in [1.807, 2.05) is 0 Å². The van der Waals surface area contributed by atoms with Crippen LogP contribution in [0.4, 0.5) is 0 Å². The zero-order chi connectivity index (χ0) is 3.58. The van der Waals surface area contributed by atoms with Crippen LogP contribution in [0.25, 0.3) is 0 Å². The molecule has 7 heteroatoms. The van der Waals surface area contributed by atoms with E-state index in [-0.39, 0.29) is 72.9 Å². The Morgan fingerprint density at radius 2 is 1.00 bits per heavy atom. The van der Waals surface area contributed by atoms with E-state index in [2.05, 4.69) is 0 Å². The van der Waals surface area contributed by atoms with Crippen LogP contribution in [0.15, 0.2) is 0 Å². The topological polar surface area (TPSA) is 52.0 Å².